The van der Waals surface area contributed by atoms with Crippen molar-refractivity contribution in [3.05, 3.63) is 0 Å². The van der Waals surface area contributed by atoms with Gasteiger partial charge in [0.05, 0.1) is 0 Å². The first-order chi connectivity index (χ1) is 12.1. The third-order valence-corrected chi connectivity index (χ3v) is 7.19. The zero-order chi connectivity index (χ0) is 18.9. The van der Waals surface area contributed by atoms with Gasteiger partial charge >= 0.3 is 168 Å². The molecule has 0 saturated carbocycles. The molecule has 0 aromatic heterocycles. The Morgan fingerprint density at radius 3 is 1.00 bits per heavy atom. The quantitative estimate of drug-likeness (QED) is 0.283. The number of ether oxygens (including phenoxy) is 3. The normalized spacial score (nSPS) is 15.1. The molecular formula is C18H39O6Y. The topological polar surface area (TPSA) is 55.4 Å². The van der Waals surface area contributed by atoms with Crippen LogP contribution >= 0.6 is 0 Å². The summed E-state index contributed by atoms with van der Waals surface area (Å²) in [5.41, 5.74) is 0. The predicted molar refractivity (Wildman–Crippen MR) is 94.2 cm³/mol. The Labute approximate surface area is 167 Å². The minimum atomic E-state index is -3.27. The SMILES string of the molecule is CCCOC(CC)[O][Y]([O]C(CC)OCCC)[O]C(CC)OCCC. The molecule has 0 spiro atoms. The summed E-state index contributed by atoms with van der Waals surface area (Å²) >= 11 is -3.27. The predicted octanol–water partition coefficient (Wildman–Crippen LogP) is 4.89. The summed E-state index contributed by atoms with van der Waals surface area (Å²) in [6, 6.07) is 0. The molecule has 0 aliphatic heterocycles. The Bertz CT molecular complexity index is 239. The van der Waals surface area contributed by atoms with Crippen LogP contribution in [-0.4, -0.2) is 38.7 Å². The van der Waals surface area contributed by atoms with E-state index in [0.717, 1.165) is 38.5 Å². The van der Waals surface area contributed by atoms with Crippen molar-refractivity contribution in [3.8, 4) is 0 Å². The minimum absolute atomic E-state index is 0.284. The van der Waals surface area contributed by atoms with Crippen LogP contribution in [0.15, 0.2) is 0 Å². The summed E-state index contributed by atoms with van der Waals surface area (Å²) in [4.78, 5) is 0. The van der Waals surface area contributed by atoms with Crippen molar-refractivity contribution in [3.63, 3.8) is 0 Å². The Kier molecular flexibility index (Phi) is 18.9. The van der Waals surface area contributed by atoms with Gasteiger partial charge in [0.2, 0.25) is 0 Å². The van der Waals surface area contributed by atoms with Gasteiger partial charge in [-0.15, -0.1) is 0 Å². The van der Waals surface area contributed by atoms with Gasteiger partial charge < -0.3 is 0 Å². The van der Waals surface area contributed by atoms with Crippen molar-refractivity contribution in [2.75, 3.05) is 19.8 Å². The molecule has 0 aliphatic carbocycles. The van der Waals surface area contributed by atoms with E-state index in [2.05, 4.69) is 20.8 Å². The third-order valence-electron chi connectivity index (χ3n) is 3.31. The molecule has 0 fully saturated rings. The Balaban J connectivity index is 4.80. The van der Waals surface area contributed by atoms with Gasteiger partial charge in [-0.25, -0.2) is 0 Å². The molecule has 25 heavy (non-hydrogen) atoms. The Morgan fingerprint density at radius 1 is 0.520 bits per heavy atom. The molecule has 150 valence electrons. The van der Waals surface area contributed by atoms with Gasteiger partial charge in [0, 0.05) is 0 Å². The Morgan fingerprint density at radius 2 is 0.800 bits per heavy atom. The summed E-state index contributed by atoms with van der Waals surface area (Å²) in [5, 5.41) is 0. The molecule has 0 aromatic carbocycles. The van der Waals surface area contributed by atoms with E-state index in [9.17, 15) is 0 Å². The van der Waals surface area contributed by atoms with Crippen LogP contribution in [0.4, 0.5) is 0 Å². The van der Waals surface area contributed by atoms with Crippen LogP contribution in [0.3, 0.4) is 0 Å². The fourth-order valence-electron chi connectivity index (χ4n) is 1.98. The molecule has 0 heterocycles. The van der Waals surface area contributed by atoms with E-state index in [1.165, 1.54) is 0 Å². The van der Waals surface area contributed by atoms with E-state index < -0.39 is 29.0 Å². The summed E-state index contributed by atoms with van der Waals surface area (Å²) in [6.07, 6.45) is 4.30. The molecule has 0 aliphatic rings. The van der Waals surface area contributed by atoms with Crippen LogP contribution in [0.2, 0.25) is 0 Å². The summed E-state index contributed by atoms with van der Waals surface area (Å²) in [6.45, 7) is 14.4. The molecule has 7 heteroatoms. The molecule has 6 nitrogen and oxygen atoms in total. The van der Waals surface area contributed by atoms with Crippen LogP contribution in [0.1, 0.15) is 80.1 Å². The van der Waals surface area contributed by atoms with Gasteiger partial charge in [-0.1, -0.05) is 0 Å². The molecule has 0 bridgehead atoms. The number of hydrogen-bond acceptors (Lipinski definition) is 6. The van der Waals surface area contributed by atoms with E-state index in [1.54, 1.807) is 0 Å². The maximum absolute atomic E-state index is 6.11. The third kappa shape index (κ3) is 13.6. The first-order valence-electron chi connectivity index (χ1n) is 9.95. The van der Waals surface area contributed by atoms with E-state index in [0.29, 0.717) is 19.8 Å². The van der Waals surface area contributed by atoms with Crippen LogP contribution in [0, 0.1) is 0 Å². The zero-order valence-electron chi connectivity index (χ0n) is 17.1. The molecular weight excluding hydrogens is 401 g/mol. The van der Waals surface area contributed by atoms with E-state index >= 15 is 0 Å². The van der Waals surface area contributed by atoms with Crippen LogP contribution in [0.5, 0.6) is 0 Å². The average Bonchev–Trinajstić information content (AvgIpc) is 2.64. The monoisotopic (exact) mass is 440 g/mol. The number of hydrogen-bond donors (Lipinski definition) is 0. The first kappa shape index (κ1) is 25.9. The standard InChI is InChI=1S/3C6H13O2.Y/c3*1-3-5-8-6(7)4-2;/h3*6H,3-5H2,1-2H3;/q3*-1;+3. The molecule has 0 rings (SSSR count). The second kappa shape index (κ2) is 18.2. The van der Waals surface area contributed by atoms with Crippen molar-refractivity contribution in [1.29, 1.82) is 0 Å². The van der Waals surface area contributed by atoms with E-state index in [-0.39, 0.29) is 18.9 Å². The van der Waals surface area contributed by atoms with Crippen molar-refractivity contribution in [2.45, 2.75) is 98.9 Å². The average molecular weight is 440 g/mol. The van der Waals surface area contributed by atoms with Gasteiger partial charge in [-0.3, -0.25) is 0 Å². The maximum atomic E-state index is 6.11. The summed E-state index contributed by atoms with van der Waals surface area (Å²) in [7, 11) is 0. The van der Waals surface area contributed by atoms with Crippen LogP contribution < -0.4 is 0 Å². The summed E-state index contributed by atoms with van der Waals surface area (Å²) in [5.74, 6) is 0. The van der Waals surface area contributed by atoms with Gasteiger partial charge in [0.1, 0.15) is 0 Å². The van der Waals surface area contributed by atoms with Gasteiger partial charge in [0.25, 0.3) is 0 Å². The van der Waals surface area contributed by atoms with Crippen molar-refractivity contribution in [2.24, 2.45) is 0 Å². The van der Waals surface area contributed by atoms with Gasteiger partial charge in [-0.2, -0.15) is 0 Å². The fourth-order valence-corrected chi connectivity index (χ4v) is 6.28. The molecule has 3 unspecified atom stereocenters. The second-order valence-electron chi connectivity index (χ2n) is 5.82. The molecule has 0 saturated heterocycles. The number of rotatable bonds is 18. The van der Waals surface area contributed by atoms with Crippen molar-refractivity contribution < 1.29 is 49.3 Å². The Hall–Kier alpha value is 0.864. The first-order valence-corrected chi connectivity index (χ1v) is 13.4. The molecule has 0 aromatic rings. The van der Waals surface area contributed by atoms with Crippen molar-refractivity contribution in [1.82, 2.24) is 0 Å². The van der Waals surface area contributed by atoms with Crippen molar-refractivity contribution >= 4 is 0 Å². The van der Waals surface area contributed by atoms with Gasteiger partial charge in [-0.05, 0) is 0 Å². The molecule has 3 atom stereocenters. The van der Waals surface area contributed by atoms with Crippen LogP contribution in [-0.2, 0) is 49.3 Å². The summed E-state index contributed by atoms with van der Waals surface area (Å²) < 4.78 is 35.6. The fraction of sp³-hybridized carbons (Fsp3) is 1.00. The van der Waals surface area contributed by atoms with Gasteiger partial charge in [0.15, 0.2) is 0 Å². The molecule has 0 amide bonds. The second-order valence-corrected chi connectivity index (χ2v) is 9.25. The zero-order valence-corrected chi connectivity index (χ0v) is 20.0. The molecule has 0 radical (unpaired) electrons. The van der Waals surface area contributed by atoms with E-state index in [4.69, 9.17) is 20.4 Å². The van der Waals surface area contributed by atoms with E-state index in [1.807, 2.05) is 20.8 Å². The van der Waals surface area contributed by atoms with Crippen LogP contribution in [0.25, 0.3) is 0 Å². The molecule has 0 N–H and O–H groups in total.